The number of carboxylic acid groups (broad SMARTS) is 1. The lowest BCUT2D eigenvalue weighted by Gasteiger charge is -2.29. The zero-order valence-electron chi connectivity index (χ0n) is 12.6. The van der Waals surface area contributed by atoms with E-state index in [1.54, 1.807) is 27.7 Å². The van der Waals surface area contributed by atoms with Gasteiger partial charge >= 0.3 is 12.1 Å². The van der Waals surface area contributed by atoms with Crippen LogP contribution in [0, 0.1) is 5.92 Å². The largest absolute Gasteiger partial charge is 0.481 e. The topological polar surface area (TPSA) is 84.9 Å². The monoisotopic (exact) mass is 287 g/mol. The fourth-order valence-electron chi connectivity index (χ4n) is 2.37. The van der Waals surface area contributed by atoms with Gasteiger partial charge in [0.2, 0.25) is 0 Å². The standard InChI is InChI=1S/C14H25NO5/c1-9(15-13(18)20-14(2,3)4)10(8-12(16)17)11-6-5-7-19-11/h9-11H,5-8H2,1-4H3,(H,15,18)(H,16,17)/t9-,10-,11+/m0/s1. The summed E-state index contributed by atoms with van der Waals surface area (Å²) < 4.78 is 10.8. The summed E-state index contributed by atoms with van der Waals surface area (Å²) in [6.07, 6.45) is 1.09. The number of amides is 1. The maximum absolute atomic E-state index is 11.8. The number of ether oxygens (including phenoxy) is 2. The lowest BCUT2D eigenvalue weighted by Crippen LogP contribution is -2.45. The van der Waals surface area contributed by atoms with Gasteiger partial charge in [-0.05, 0) is 40.5 Å². The fourth-order valence-corrected chi connectivity index (χ4v) is 2.37. The van der Waals surface area contributed by atoms with Crippen LogP contribution < -0.4 is 5.32 Å². The zero-order chi connectivity index (χ0) is 15.3. The molecule has 1 amide bonds. The number of rotatable bonds is 5. The van der Waals surface area contributed by atoms with Gasteiger partial charge in [0, 0.05) is 18.6 Å². The van der Waals surface area contributed by atoms with Crippen LogP contribution in [0.4, 0.5) is 4.79 Å². The average Bonchev–Trinajstić information content (AvgIpc) is 2.75. The second kappa shape index (κ2) is 6.92. The third kappa shape index (κ3) is 5.77. The summed E-state index contributed by atoms with van der Waals surface area (Å²) in [7, 11) is 0. The molecule has 20 heavy (non-hydrogen) atoms. The van der Waals surface area contributed by atoms with E-state index >= 15 is 0 Å². The molecule has 1 aliphatic heterocycles. The van der Waals surface area contributed by atoms with Crippen molar-refractivity contribution in [3.63, 3.8) is 0 Å². The van der Waals surface area contributed by atoms with E-state index in [2.05, 4.69) is 5.32 Å². The molecule has 1 aliphatic rings. The van der Waals surface area contributed by atoms with Crippen LogP contribution in [0.5, 0.6) is 0 Å². The van der Waals surface area contributed by atoms with E-state index in [-0.39, 0.29) is 24.5 Å². The molecule has 3 atom stereocenters. The number of nitrogens with one attached hydrogen (secondary N) is 1. The number of alkyl carbamates (subject to hydrolysis) is 1. The summed E-state index contributed by atoms with van der Waals surface area (Å²) in [5.41, 5.74) is -0.573. The fraction of sp³-hybridized carbons (Fsp3) is 0.857. The Hall–Kier alpha value is -1.30. The highest BCUT2D eigenvalue weighted by atomic mass is 16.6. The lowest BCUT2D eigenvalue weighted by molar-refractivity contribution is -0.139. The van der Waals surface area contributed by atoms with Crippen molar-refractivity contribution >= 4 is 12.1 Å². The molecular formula is C14H25NO5. The Morgan fingerprint density at radius 2 is 2.10 bits per heavy atom. The molecule has 1 heterocycles. The molecule has 116 valence electrons. The third-order valence-corrected chi connectivity index (χ3v) is 3.24. The Kier molecular flexibility index (Phi) is 5.80. The van der Waals surface area contributed by atoms with Crippen molar-refractivity contribution in [1.82, 2.24) is 5.32 Å². The molecule has 0 aromatic rings. The van der Waals surface area contributed by atoms with Gasteiger partial charge in [0.05, 0.1) is 12.5 Å². The van der Waals surface area contributed by atoms with Crippen LogP contribution in [0.1, 0.15) is 47.0 Å². The number of carbonyl (C=O) groups excluding carboxylic acids is 1. The van der Waals surface area contributed by atoms with E-state index in [0.717, 1.165) is 12.8 Å². The van der Waals surface area contributed by atoms with Gasteiger partial charge in [-0.2, -0.15) is 0 Å². The van der Waals surface area contributed by atoms with Crippen molar-refractivity contribution in [1.29, 1.82) is 0 Å². The summed E-state index contributed by atoms with van der Waals surface area (Å²) in [6.45, 7) is 7.79. The minimum atomic E-state index is -0.886. The van der Waals surface area contributed by atoms with E-state index < -0.39 is 17.7 Å². The average molecular weight is 287 g/mol. The molecule has 2 N–H and O–H groups in total. The van der Waals surface area contributed by atoms with Crippen LogP contribution in [0.25, 0.3) is 0 Å². The molecule has 1 saturated heterocycles. The maximum Gasteiger partial charge on any atom is 0.407 e. The molecule has 1 fully saturated rings. The zero-order valence-corrected chi connectivity index (χ0v) is 12.6. The van der Waals surface area contributed by atoms with E-state index in [9.17, 15) is 9.59 Å². The van der Waals surface area contributed by atoms with Crippen LogP contribution in [0.15, 0.2) is 0 Å². The first kappa shape index (κ1) is 16.8. The molecular weight excluding hydrogens is 262 g/mol. The van der Waals surface area contributed by atoms with E-state index in [1.165, 1.54) is 0 Å². The van der Waals surface area contributed by atoms with Crippen molar-refractivity contribution in [3.05, 3.63) is 0 Å². The van der Waals surface area contributed by atoms with Gasteiger partial charge in [-0.3, -0.25) is 4.79 Å². The molecule has 0 unspecified atom stereocenters. The van der Waals surface area contributed by atoms with E-state index in [0.29, 0.717) is 6.61 Å². The Balaban J connectivity index is 2.60. The lowest BCUT2D eigenvalue weighted by atomic mass is 9.90. The molecule has 0 bridgehead atoms. The first-order valence-corrected chi connectivity index (χ1v) is 7.02. The van der Waals surface area contributed by atoms with Crippen molar-refractivity contribution in [3.8, 4) is 0 Å². The third-order valence-electron chi connectivity index (χ3n) is 3.24. The second-order valence-electron chi connectivity index (χ2n) is 6.25. The Labute approximate surface area is 119 Å². The Morgan fingerprint density at radius 3 is 2.55 bits per heavy atom. The number of carboxylic acids is 1. The molecule has 0 saturated carbocycles. The molecule has 1 rings (SSSR count). The normalized spacial score (nSPS) is 22.1. The molecule has 0 aromatic carbocycles. The predicted molar refractivity (Wildman–Crippen MR) is 73.5 cm³/mol. The quantitative estimate of drug-likeness (QED) is 0.809. The highest BCUT2D eigenvalue weighted by Gasteiger charge is 2.33. The summed E-state index contributed by atoms with van der Waals surface area (Å²) in [6, 6.07) is -0.316. The minimum Gasteiger partial charge on any atom is -0.481 e. The maximum atomic E-state index is 11.8. The molecule has 6 heteroatoms. The van der Waals surface area contributed by atoms with E-state index in [1.807, 2.05) is 0 Å². The van der Waals surface area contributed by atoms with Crippen molar-refractivity contribution < 1.29 is 24.2 Å². The van der Waals surface area contributed by atoms with Crippen LogP contribution >= 0.6 is 0 Å². The second-order valence-corrected chi connectivity index (χ2v) is 6.25. The highest BCUT2D eigenvalue weighted by molar-refractivity contribution is 5.69. The number of aliphatic carboxylic acids is 1. The first-order chi connectivity index (χ1) is 9.19. The van der Waals surface area contributed by atoms with Crippen molar-refractivity contribution in [2.75, 3.05) is 6.61 Å². The smallest absolute Gasteiger partial charge is 0.407 e. The van der Waals surface area contributed by atoms with Gasteiger partial charge in [0.25, 0.3) is 0 Å². The summed E-state index contributed by atoms with van der Waals surface area (Å²) in [5.74, 6) is -1.13. The predicted octanol–water partition coefficient (Wildman–Crippen LogP) is 2.17. The molecule has 0 spiro atoms. The number of hydrogen-bond acceptors (Lipinski definition) is 4. The molecule has 0 aliphatic carbocycles. The van der Waals surface area contributed by atoms with Crippen LogP contribution in [-0.4, -0.2) is 41.5 Å². The van der Waals surface area contributed by atoms with Gasteiger partial charge < -0.3 is 19.9 Å². The first-order valence-electron chi connectivity index (χ1n) is 7.02. The van der Waals surface area contributed by atoms with Gasteiger partial charge in [0.1, 0.15) is 5.60 Å². The Bertz CT molecular complexity index is 344. The van der Waals surface area contributed by atoms with Crippen LogP contribution in [-0.2, 0) is 14.3 Å². The van der Waals surface area contributed by atoms with Gasteiger partial charge in [0.15, 0.2) is 0 Å². The molecule has 6 nitrogen and oxygen atoms in total. The summed E-state index contributed by atoms with van der Waals surface area (Å²) in [5, 5.41) is 11.7. The van der Waals surface area contributed by atoms with Crippen molar-refractivity contribution in [2.45, 2.75) is 64.7 Å². The highest BCUT2D eigenvalue weighted by Crippen LogP contribution is 2.26. The van der Waals surface area contributed by atoms with E-state index in [4.69, 9.17) is 14.6 Å². The van der Waals surface area contributed by atoms with Crippen molar-refractivity contribution in [2.24, 2.45) is 5.92 Å². The van der Waals surface area contributed by atoms with Gasteiger partial charge in [-0.1, -0.05) is 0 Å². The number of hydrogen-bond donors (Lipinski definition) is 2. The Morgan fingerprint density at radius 1 is 1.45 bits per heavy atom. The number of carbonyl (C=O) groups is 2. The van der Waals surface area contributed by atoms with Gasteiger partial charge in [-0.25, -0.2) is 4.79 Å². The van der Waals surface area contributed by atoms with Gasteiger partial charge in [-0.15, -0.1) is 0 Å². The molecule has 0 radical (unpaired) electrons. The minimum absolute atomic E-state index is 0.0262. The summed E-state index contributed by atoms with van der Waals surface area (Å²) in [4.78, 5) is 22.7. The SMILES string of the molecule is C[C@H](NC(=O)OC(C)(C)C)[C@H](CC(=O)O)[C@H]1CCCO1. The van der Waals surface area contributed by atoms with Crippen LogP contribution in [0.2, 0.25) is 0 Å². The summed E-state index contributed by atoms with van der Waals surface area (Å²) >= 11 is 0. The van der Waals surface area contributed by atoms with Crippen LogP contribution in [0.3, 0.4) is 0 Å². The molecule has 0 aromatic heterocycles.